The van der Waals surface area contributed by atoms with Crippen LogP contribution in [0, 0.1) is 3.57 Å². The number of nitrogens with one attached hydrogen (secondary N) is 1. The first kappa shape index (κ1) is 16.4. The van der Waals surface area contributed by atoms with Crippen LogP contribution in [0.3, 0.4) is 0 Å². The lowest BCUT2D eigenvalue weighted by molar-refractivity contribution is 0.0903. The summed E-state index contributed by atoms with van der Waals surface area (Å²) in [5.74, 6) is -0.0245. The second kappa shape index (κ2) is 7.24. The maximum atomic E-state index is 12.3. The summed E-state index contributed by atoms with van der Waals surface area (Å²) in [6.07, 6.45) is 1.81. The molecule has 2 nitrogen and oxygen atoms in total. The fraction of sp³-hybridized carbons (Fsp3) is 0.462. The predicted octanol–water partition coefficient (Wildman–Crippen LogP) is 4.74. The molecule has 0 aliphatic heterocycles. The van der Waals surface area contributed by atoms with Gasteiger partial charge < -0.3 is 5.32 Å². The molecule has 1 aromatic carbocycles. The van der Waals surface area contributed by atoms with Gasteiger partial charge in [-0.25, -0.2) is 0 Å². The Morgan fingerprint density at radius 3 is 2.50 bits per heavy atom. The Kier molecular flexibility index (Phi) is 6.61. The van der Waals surface area contributed by atoms with Gasteiger partial charge in [-0.15, -0.1) is 0 Å². The van der Waals surface area contributed by atoms with Gasteiger partial charge in [-0.05, 0) is 69.6 Å². The fourth-order valence-electron chi connectivity index (χ4n) is 1.63. The molecule has 5 heteroatoms. The first-order chi connectivity index (χ1) is 8.48. The number of halogens is 3. The average molecular weight is 489 g/mol. The molecule has 0 unspecified atom stereocenters. The smallest absolute Gasteiger partial charge is 0.252 e. The number of rotatable bonds is 5. The van der Waals surface area contributed by atoms with Gasteiger partial charge in [0.2, 0.25) is 0 Å². The minimum atomic E-state index is -0.169. The molecular weight excluding hydrogens is 473 g/mol. The molecule has 0 aliphatic rings. The zero-order valence-corrected chi connectivity index (χ0v) is 15.7. The van der Waals surface area contributed by atoms with Crippen LogP contribution < -0.4 is 5.32 Å². The second-order valence-corrected chi connectivity index (χ2v) is 6.86. The number of carbonyl (C=O) groups is 1. The zero-order valence-electron chi connectivity index (χ0n) is 10.4. The van der Waals surface area contributed by atoms with Crippen LogP contribution in [0.15, 0.2) is 22.7 Å². The monoisotopic (exact) mass is 487 g/mol. The Morgan fingerprint density at radius 2 is 2.00 bits per heavy atom. The van der Waals surface area contributed by atoms with Crippen molar-refractivity contribution in [2.45, 2.75) is 32.2 Å². The van der Waals surface area contributed by atoms with Crippen molar-refractivity contribution in [3.63, 3.8) is 0 Å². The molecule has 0 aliphatic carbocycles. The first-order valence-corrected chi connectivity index (χ1v) is 8.81. The highest BCUT2D eigenvalue weighted by atomic mass is 127. The summed E-state index contributed by atoms with van der Waals surface area (Å²) in [6.45, 7) is 4.18. The Balaban J connectivity index is 2.97. The van der Waals surface area contributed by atoms with Crippen LogP contribution in [-0.2, 0) is 0 Å². The van der Waals surface area contributed by atoms with E-state index < -0.39 is 0 Å². The molecule has 0 aromatic heterocycles. The molecule has 0 fully saturated rings. The Bertz CT molecular complexity index is 425. The normalized spacial score (nSPS) is 11.4. The Hall–Kier alpha value is 0.380. The van der Waals surface area contributed by atoms with Crippen molar-refractivity contribution in [2.24, 2.45) is 0 Å². The number of carbonyl (C=O) groups excluding carboxylic acids is 1. The quantitative estimate of drug-likeness (QED) is 0.471. The summed E-state index contributed by atoms with van der Waals surface area (Å²) < 4.78 is 1.88. The van der Waals surface area contributed by atoms with Gasteiger partial charge in [0.1, 0.15) is 0 Å². The molecule has 0 bridgehead atoms. The third-order valence-electron chi connectivity index (χ3n) is 3.16. The van der Waals surface area contributed by atoms with E-state index in [1.54, 1.807) is 0 Å². The molecule has 0 atom stereocenters. The molecule has 1 N–H and O–H groups in total. The van der Waals surface area contributed by atoms with E-state index >= 15 is 0 Å². The fourth-order valence-corrected chi connectivity index (χ4v) is 3.48. The van der Waals surface area contributed by atoms with Gasteiger partial charge in [0, 0.05) is 18.9 Å². The third-order valence-corrected chi connectivity index (χ3v) is 5.60. The maximum Gasteiger partial charge on any atom is 0.252 e. The SMILES string of the molecule is CCC(CC)(CBr)NC(=O)c1cc(I)ccc1Br. The second-order valence-electron chi connectivity index (χ2n) is 4.20. The lowest BCUT2D eigenvalue weighted by atomic mass is 9.95. The third kappa shape index (κ3) is 3.93. The summed E-state index contributed by atoms with van der Waals surface area (Å²) in [4.78, 5) is 12.3. The first-order valence-electron chi connectivity index (χ1n) is 5.81. The summed E-state index contributed by atoms with van der Waals surface area (Å²) in [7, 11) is 0. The summed E-state index contributed by atoms with van der Waals surface area (Å²) in [5.41, 5.74) is 0.520. The van der Waals surface area contributed by atoms with Gasteiger partial charge in [-0.3, -0.25) is 4.79 Å². The average Bonchev–Trinajstić information content (AvgIpc) is 2.38. The molecule has 0 radical (unpaired) electrons. The zero-order chi connectivity index (χ0) is 13.8. The number of benzene rings is 1. The van der Waals surface area contributed by atoms with Crippen LogP contribution in [0.5, 0.6) is 0 Å². The Morgan fingerprint density at radius 1 is 1.39 bits per heavy atom. The molecule has 18 heavy (non-hydrogen) atoms. The van der Waals surface area contributed by atoms with Crippen LogP contribution in [-0.4, -0.2) is 16.8 Å². The largest absolute Gasteiger partial charge is 0.346 e. The van der Waals surface area contributed by atoms with E-state index in [0.717, 1.165) is 26.2 Å². The summed E-state index contributed by atoms with van der Waals surface area (Å²) in [5, 5.41) is 3.91. The van der Waals surface area contributed by atoms with Crippen molar-refractivity contribution in [1.82, 2.24) is 5.32 Å². The highest BCUT2D eigenvalue weighted by Gasteiger charge is 2.27. The van der Waals surface area contributed by atoms with E-state index in [2.05, 4.69) is 73.6 Å². The maximum absolute atomic E-state index is 12.3. The van der Waals surface area contributed by atoms with Crippen molar-refractivity contribution in [1.29, 1.82) is 0 Å². The highest BCUT2D eigenvalue weighted by Crippen LogP contribution is 2.23. The van der Waals surface area contributed by atoms with Crippen LogP contribution in [0.1, 0.15) is 37.0 Å². The minimum Gasteiger partial charge on any atom is -0.346 e. The van der Waals surface area contributed by atoms with E-state index in [0.29, 0.717) is 5.56 Å². The van der Waals surface area contributed by atoms with Crippen molar-refractivity contribution < 1.29 is 4.79 Å². The van der Waals surface area contributed by atoms with Crippen LogP contribution in [0.25, 0.3) is 0 Å². The molecule has 1 amide bonds. The highest BCUT2D eigenvalue weighted by molar-refractivity contribution is 14.1. The van der Waals surface area contributed by atoms with Gasteiger partial charge in [-0.2, -0.15) is 0 Å². The summed E-state index contributed by atoms with van der Waals surface area (Å²) in [6, 6.07) is 5.77. The van der Waals surface area contributed by atoms with Gasteiger partial charge in [0.05, 0.1) is 5.56 Å². The molecular formula is C13H16Br2INO. The molecule has 1 rings (SSSR count). The Labute approximate surface area is 139 Å². The van der Waals surface area contributed by atoms with Crippen molar-refractivity contribution in [3.05, 3.63) is 31.8 Å². The van der Waals surface area contributed by atoms with E-state index in [-0.39, 0.29) is 11.4 Å². The minimum absolute atomic E-state index is 0.0245. The van der Waals surface area contributed by atoms with Crippen molar-refractivity contribution in [2.75, 3.05) is 5.33 Å². The lowest BCUT2D eigenvalue weighted by Gasteiger charge is -2.31. The molecule has 0 saturated heterocycles. The van der Waals surface area contributed by atoms with E-state index in [9.17, 15) is 4.79 Å². The van der Waals surface area contributed by atoms with Gasteiger partial charge >= 0.3 is 0 Å². The van der Waals surface area contributed by atoms with E-state index in [1.807, 2.05) is 18.2 Å². The molecule has 1 aromatic rings. The predicted molar refractivity (Wildman–Crippen MR) is 91.4 cm³/mol. The summed E-state index contributed by atoms with van der Waals surface area (Å²) >= 11 is 9.14. The molecule has 0 saturated carbocycles. The standard InChI is InChI=1S/C13H16Br2INO/c1-3-13(4-2,8-14)17-12(18)10-7-9(16)5-6-11(10)15/h5-7H,3-4,8H2,1-2H3,(H,17,18). The number of alkyl halides is 1. The van der Waals surface area contributed by atoms with Crippen LogP contribution in [0.4, 0.5) is 0 Å². The van der Waals surface area contributed by atoms with Crippen LogP contribution in [0.2, 0.25) is 0 Å². The van der Waals surface area contributed by atoms with Crippen molar-refractivity contribution >= 4 is 60.4 Å². The van der Waals surface area contributed by atoms with E-state index in [4.69, 9.17) is 0 Å². The molecule has 0 spiro atoms. The van der Waals surface area contributed by atoms with Crippen LogP contribution >= 0.6 is 54.5 Å². The van der Waals surface area contributed by atoms with Gasteiger partial charge in [-0.1, -0.05) is 29.8 Å². The van der Waals surface area contributed by atoms with Gasteiger partial charge in [0.25, 0.3) is 5.91 Å². The van der Waals surface area contributed by atoms with Gasteiger partial charge in [0.15, 0.2) is 0 Å². The van der Waals surface area contributed by atoms with E-state index in [1.165, 1.54) is 0 Å². The molecule has 100 valence electrons. The van der Waals surface area contributed by atoms with Crippen molar-refractivity contribution in [3.8, 4) is 0 Å². The number of hydrogen-bond acceptors (Lipinski definition) is 1. The number of amides is 1. The lowest BCUT2D eigenvalue weighted by Crippen LogP contribution is -2.49. The topological polar surface area (TPSA) is 29.1 Å². The number of hydrogen-bond donors (Lipinski definition) is 1. The molecule has 0 heterocycles.